The zero-order chi connectivity index (χ0) is 21.3. The smallest absolute Gasteiger partial charge is 0.156 e. The number of hydrogen-bond donors (Lipinski definition) is 1. The largest absolute Gasteiger partial charge is 0.495 e. The van der Waals surface area contributed by atoms with Crippen LogP contribution in [-0.2, 0) is 23.7 Å². The maximum atomic E-state index is 9.72. The molecular formula is C24H36O6. The lowest BCUT2D eigenvalue weighted by Crippen LogP contribution is -2.69. The highest BCUT2D eigenvalue weighted by molar-refractivity contribution is 5.49. The van der Waals surface area contributed by atoms with Crippen LogP contribution in [-0.4, -0.2) is 66.1 Å². The van der Waals surface area contributed by atoms with Crippen LogP contribution in [0, 0.1) is 23.2 Å². The predicted molar refractivity (Wildman–Crippen MR) is 109 cm³/mol. The summed E-state index contributed by atoms with van der Waals surface area (Å²) >= 11 is 0. The van der Waals surface area contributed by atoms with Gasteiger partial charge < -0.3 is 28.8 Å². The molecule has 168 valence electrons. The van der Waals surface area contributed by atoms with Crippen molar-refractivity contribution in [3.63, 3.8) is 0 Å². The van der Waals surface area contributed by atoms with Crippen molar-refractivity contribution in [1.82, 2.24) is 0 Å². The molecule has 1 N–H and O–H groups in total. The minimum atomic E-state index is -0.377. The Bertz CT molecular complexity index is 797. The van der Waals surface area contributed by atoms with E-state index in [1.807, 2.05) is 27.2 Å². The molecule has 7 aliphatic rings. The van der Waals surface area contributed by atoms with Crippen molar-refractivity contribution >= 4 is 0 Å². The van der Waals surface area contributed by atoms with Crippen molar-refractivity contribution in [2.45, 2.75) is 101 Å². The number of fused-ring (bicyclic) bond motifs is 5. The monoisotopic (exact) mass is 420 g/mol. The summed E-state index contributed by atoms with van der Waals surface area (Å²) < 4.78 is 31.7. The van der Waals surface area contributed by atoms with Gasteiger partial charge in [0, 0.05) is 18.4 Å². The third kappa shape index (κ3) is 1.78. The molecule has 2 spiro atoms. The van der Waals surface area contributed by atoms with Crippen LogP contribution in [0.3, 0.4) is 0 Å². The van der Waals surface area contributed by atoms with E-state index < -0.39 is 0 Å². The van der Waals surface area contributed by atoms with E-state index in [0.717, 1.165) is 19.3 Å². The molecule has 6 nitrogen and oxygen atoms in total. The molecule has 0 aromatic rings. The van der Waals surface area contributed by atoms with Crippen LogP contribution < -0.4 is 0 Å². The fourth-order valence-corrected chi connectivity index (χ4v) is 8.47. The molecule has 11 atom stereocenters. The van der Waals surface area contributed by atoms with E-state index in [2.05, 4.69) is 20.8 Å². The van der Waals surface area contributed by atoms with Crippen LogP contribution in [0.4, 0.5) is 0 Å². The van der Waals surface area contributed by atoms with E-state index in [-0.39, 0.29) is 59.3 Å². The number of methoxy groups -OCH3 is 1. The van der Waals surface area contributed by atoms with E-state index >= 15 is 0 Å². The van der Waals surface area contributed by atoms with Crippen molar-refractivity contribution in [3.8, 4) is 0 Å². The van der Waals surface area contributed by atoms with Gasteiger partial charge in [0.05, 0.1) is 19.0 Å². The van der Waals surface area contributed by atoms with E-state index in [9.17, 15) is 5.11 Å². The van der Waals surface area contributed by atoms with Gasteiger partial charge in [-0.2, -0.15) is 0 Å². The first-order valence-electron chi connectivity index (χ1n) is 11.9. The zero-order valence-electron chi connectivity index (χ0n) is 19.0. The summed E-state index contributed by atoms with van der Waals surface area (Å²) in [5.41, 5.74) is 0.375. The number of aliphatic hydroxyl groups excluding tert-OH is 1. The molecule has 0 aromatic carbocycles. The maximum Gasteiger partial charge on any atom is 0.156 e. The van der Waals surface area contributed by atoms with Gasteiger partial charge in [0.15, 0.2) is 5.60 Å². The highest BCUT2D eigenvalue weighted by atomic mass is 16.8. The number of aliphatic hydroxyl groups is 1. The van der Waals surface area contributed by atoms with Crippen LogP contribution in [0.25, 0.3) is 0 Å². The SMILES string of the molecule is CC.COC1C2(C(C)C)OC2C2OC23C2(C)CCC4C(=COC4CO)C2CC2OC213. The molecule has 0 bridgehead atoms. The Hall–Kier alpha value is -0.660. The second-order valence-corrected chi connectivity index (χ2v) is 10.7. The standard InChI is InChI=1S/C22H30O6.C2H6/c1-10(2)20-16(27-20)17-22(28-17)19(3)6-5-11-12(9-25-14(11)8-23)13(19)7-15-21(22,26-15)18(20)24-4;1-2/h9-11,13-18,23H,5-8H2,1-4H3;1-2H3. The van der Waals surface area contributed by atoms with Crippen LogP contribution in [0.15, 0.2) is 11.8 Å². The molecule has 3 aliphatic carbocycles. The Morgan fingerprint density at radius 1 is 1.20 bits per heavy atom. The van der Waals surface area contributed by atoms with Gasteiger partial charge in [-0.15, -0.1) is 0 Å². The Balaban J connectivity index is 0.000000852. The summed E-state index contributed by atoms with van der Waals surface area (Å²) in [5, 5.41) is 9.72. The van der Waals surface area contributed by atoms with E-state index in [4.69, 9.17) is 23.7 Å². The summed E-state index contributed by atoms with van der Waals surface area (Å²) in [7, 11) is 1.81. The lowest BCUT2D eigenvalue weighted by atomic mass is 9.45. The zero-order valence-corrected chi connectivity index (χ0v) is 19.0. The lowest BCUT2D eigenvalue weighted by Gasteiger charge is -2.55. The van der Waals surface area contributed by atoms with Gasteiger partial charge in [0.25, 0.3) is 0 Å². The Kier molecular flexibility index (Phi) is 3.88. The number of epoxide rings is 3. The van der Waals surface area contributed by atoms with Gasteiger partial charge in [-0.25, -0.2) is 0 Å². The summed E-state index contributed by atoms with van der Waals surface area (Å²) in [6, 6.07) is 0. The molecule has 3 saturated heterocycles. The average molecular weight is 421 g/mol. The quantitative estimate of drug-likeness (QED) is 0.708. The van der Waals surface area contributed by atoms with Crippen molar-refractivity contribution in [1.29, 1.82) is 0 Å². The van der Waals surface area contributed by atoms with Crippen LogP contribution in [0.1, 0.15) is 53.9 Å². The molecule has 6 fully saturated rings. The summed E-state index contributed by atoms with van der Waals surface area (Å²) in [6.07, 6.45) is 5.21. The molecule has 3 saturated carbocycles. The van der Waals surface area contributed by atoms with Gasteiger partial charge >= 0.3 is 0 Å². The lowest BCUT2D eigenvalue weighted by molar-refractivity contribution is -0.118. The predicted octanol–water partition coefficient (Wildman–Crippen LogP) is 2.82. The molecule has 11 unspecified atom stereocenters. The first-order chi connectivity index (χ1) is 14.4. The number of hydrogen-bond acceptors (Lipinski definition) is 6. The fraction of sp³-hybridized carbons (Fsp3) is 0.917. The van der Waals surface area contributed by atoms with Crippen LogP contribution in [0.5, 0.6) is 0 Å². The maximum absolute atomic E-state index is 9.72. The average Bonchev–Trinajstić information content (AvgIpc) is 3.65. The molecule has 0 amide bonds. The molecule has 30 heavy (non-hydrogen) atoms. The molecule has 0 radical (unpaired) electrons. The Labute approximate surface area is 179 Å². The van der Waals surface area contributed by atoms with Crippen molar-refractivity contribution in [2.75, 3.05) is 13.7 Å². The van der Waals surface area contributed by atoms with Crippen molar-refractivity contribution < 1.29 is 28.8 Å². The minimum Gasteiger partial charge on any atom is -0.495 e. The summed E-state index contributed by atoms with van der Waals surface area (Å²) in [4.78, 5) is 0. The summed E-state index contributed by atoms with van der Waals surface area (Å²) in [5.74, 6) is 1.06. The number of rotatable bonds is 3. The Morgan fingerprint density at radius 3 is 2.63 bits per heavy atom. The summed E-state index contributed by atoms with van der Waals surface area (Å²) in [6.45, 7) is 10.9. The second-order valence-electron chi connectivity index (χ2n) is 10.7. The molecule has 4 aliphatic heterocycles. The van der Waals surface area contributed by atoms with Crippen LogP contribution in [0.2, 0.25) is 0 Å². The third-order valence-corrected chi connectivity index (χ3v) is 9.81. The van der Waals surface area contributed by atoms with E-state index in [1.165, 1.54) is 5.57 Å². The molecular weight excluding hydrogens is 384 g/mol. The van der Waals surface area contributed by atoms with Gasteiger partial charge in [0.2, 0.25) is 0 Å². The number of ether oxygens (including phenoxy) is 5. The highest BCUT2D eigenvalue weighted by Gasteiger charge is 3.00. The van der Waals surface area contributed by atoms with Gasteiger partial charge in [0.1, 0.15) is 35.6 Å². The molecule has 0 aromatic heterocycles. The van der Waals surface area contributed by atoms with E-state index in [0.29, 0.717) is 17.8 Å². The van der Waals surface area contributed by atoms with E-state index in [1.54, 1.807) is 0 Å². The first-order valence-corrected chi connectivity index (χ1v) is 11.9. The van der Waals surface area contributed by atoms with Gasteiger partial charge in [-0.3, -0.25) is 0 Å². The highest BCUT2D eigenvalue weighted by Crippen LogP contribution is 2.83. The second kappa shape index (κ2) is 5.82. The normalized spacial score (nSPS) is 60.3. The topological polar surface area (TPSA) is 76.3 Å². The molecule has 6 heteroatoms. The van der Waals surface area contributed by atoms with Crippen molar-refractivity contribution in [3.05, 3.63) is 11.8 Å². The first kappa shape index (κ1) is 20.0. The van der Waals surface area contributed by atoms with Gasteiger partial charge in [-0.1, -0.05) is 34.6 Å². The third-order valence-electron chi connectivity index (χ3n) is 9.81. The molecule has 7 rings (SSSR count). The fourth-order valence-electron chi connectivity index (χ4n) is 8.47. The van der Waals surface area contributed by atoms with Gasteiger partial charge in [-0.05, 0) is 36.7 Å². The Morgan fingerprint density at radius 2 is 1.97 bits per heavy atom. The minimum absolute atomic E-state index is 0.0213. The van der Waals surface area contributed by atoms with Crippen molar-refractivity contribution in [2.24, 2.45) is 23.2 Å². The van der Waals surface area contributed by atoms with Crippen LogP contribution >= 0.6 is 0 Å². The molecule has 4 heterocycles.